The molecule has 0 saturated carbocycles. The fraction of sp³-hybridized carbons (Fsp3) is 0.217. The Morgan fingerprint density at radius 1 is 0.920 bits per heavy atom. The number of allylic oxidation sites excluding steroid dienone is 1. The number of hydrogen-bond donors (Lipinski definition) is 0. The third-order valence-electron chi connectivity index (χ3n) is 4.41. The van der Waals surface area contributed by atoms with Gasteiger partial charge in [0.25, 0.3) is 0 Å². The maximum absolute atomic E-state index is 5.53. The van der Waals surface area contributed by atoms with E-state index in [1.54, 1.807) is 7.11 Å². The highest BCUT2D eigenvalue weighted by molar-refractivity contribution is 5.92. The van der Waals surface area contributed by atoms with E-state index in [4.69, 9.17) is 4.74 Å². The normalized spacial score (nSPS) is 11.6. The van der Waals surface area contributed by atoms with Gasteiger partial charge in [0.15, 0.2) is 0 Å². The van der Waals surface area contributed by atoms with Gasteiger partial charge in [0, 0.05) is 32.1 Å². The summed E-state index contributed by atoms with van der Waals surface area (Å²) in [4.78, 5) is 2.11. The molecule has 0 atom stereocenters. The highest BCUT2D eigenvalue weighted by Crippen LogP contribution is 2.31. The number of benzene rings is 3. The smallest absolute Gasteiger partial charge is 0.126 e. The molecule has 3 rings (SSSR count). The van der Waals surface area contributed by atoms with Gasteiger partial charge >= 0.3 is 0 Å². The third-order valence-corrected chi connectivity index (χ3v) is 4.41. The fourth-order valence-corrected chi connectivity index (χ4v) is 3.17. The van der Waals surface area contributed by atoms with E-state index in [0.717, 1.165) is 17.6 Å². The van der Waals surface area contributed by atoms with Gasteiger partial charge in [-0.3, -0.25) is 0 Å². The summed E-state index contributed by atoms with van der Waals surface area (Å²) >= 11 is 0. The highest BCUT2D eigenvalue weighted by Gasteiger charge is 2.10. The van der Waals surface area contributed by atoms with Crippen LogP contribution >= 0.6 is 0 Å². The van der Waals surface area contributed by atoms with E-state index < -0.39 is 0 Å². The lowest BCUT2D eigenvalue weighted by Gasteiger charge is -2.15. The quantitative estimate of drug-likeness (QED) is 0.629. The Morgan fingerprint density at radius 2 is 1.60 bits per heavy atom. The van der Waals surface area contributed by atoms with Crippen LogP contribution in [0.3, 0.4) is 0 Å². The zero-order valence-corrected chi connectivity index (χ0v) is 15.4. The maximum Gasteiger partial charge on any atom is 0.126 e. The predicted molar refractivity (Wildman–Crippen MR) is 107 cm³/mol. The van der Waals surface area contributed by atoms with Crippen molar-refractivity contribution in [3.05, 3.63) is 83.6 Å². The Bertz CT molecular complexity index is 892. The molecule has 0 bridgehead atoms. The van der Waals surface area contributed by atoms with Crippen molar-refractivity contribution in [2.24, 2.45) is 0 Å². The summed E-state index contributed by atoms with van der Waals surface area (Å²) in [5.41, 5.74) is 5.16. The second-order valence-electron chi connectivity index (χ2n) is 6.63. The highest BCUT2D eigenvalue weighted by atomic mass is 16.5. The van der Waals surface area contributed by atoms with Crippen molar-refractivity contribution in [3.63, 3.8) is 0 Å². The van der Waals surface area contributed by atoms with Gasteiger partial charge in [-0.15, -0.1) is 0 Å². The molecular formula is C23H25NO. The molecule has 2 heteroatoms. The van der Waals surface area contributed by atoms with Crippen LogP contribution in [0.4, 0.5) is 0 Å². The Kier molecular flexibility index (Phi) is 5.08. The first kappa shape index (κ1) is 17.1. The SMILES string of the molecule is COc1ccc(C/C(=C\N(C)C)c2ccc(C)cc2)c2ccccc12. The van der Waals surface area contributed by atoms with Crippen LogP contribution in [0.1, 0.15) is 16.7 Å². The molecule has 0 amide bonds. The van der Waals surface area contributed by atoms with Gasteiger partial charge in [0.1, 0.15) is 5.75 Å². The minimum atomic E-state index is 0.881. The van der Waals surface area contributed by atoms with E-state index in [-0.39, 0.29) is 0 Å². The summed E-state index contributed by atoms with van der Waals surface area (Å²) in [5.74, 6) is 0.924. The number of methoxy groups -OCH3 is 1. The molecule has 0 aliphatic carbocycles. The Hall–Kier alpha value is -2.74. The van der Waals surface area contributed by atoms with Gasteiger partial charge < -0.3 is 9.64 Å². The van der Waals surface area contributed by atoms with Crippen molar-refractivity contribution < 1.29 is 4.74 Å². The first-order chi connectivity index (χ1) is 12.1. The molecule has 0 fully saturated rings. The summed E-state index contributed by atoms with van der Waals surface area (Å²) in [6.07, 6.45) is 3.09. The fourth-order valence-electron chi connectivity index (χ4n) is 3.17. The van der Waals surface area contributed by atoms with E-state index >= 15 is 0 Å². The zero-order chi connectivity index (χ0) is 17.8. The van der Waals surface area contributed by atoms with Gasteiger partial charge in [0.2, 0.25) is 0 Å². The Balaban J connectivity index is 2.06. The van der Waals surface area contributed by atoms with E-state index in [0.29, 0.717) is 0 Å². The maximum atomic E-state index is 5.53. The van der Waals surface area contributed by atoms with Crippen LogP contribution in [0.15, 0.2) is 66.9 Å². The average molecular weight is 331 g/mol. The molecule has 0 spiro atoms. The van der Waals surface area contributed by atoms with Crippen LogP contribution in [0.2, 0.25) is 0 Å². The lowest BCUT2D eigenvalue weighted by Crippen LogP contribution is -2.04. The lowest BCUT2D eigenvalue weighted by atomic mass is 9.94. The van der Waals surface area contributed by atoms with E-state index in [2.05, 4.69) is 92.8 Å². The van der Waals surface area contributed by atoms with Gasteiger partial charge in [-0.1, -0.05) is 60.2 Å². The molecule has 0 aromatic heterocycles. The molecule has 0 saturated heterocycles. The predicted octanol–water partition coefficient (Wildman–Crippen LogP) is 5.30. The number of rotatable bonds is 5. The lowest BCUT2D eigenvalue weighted by molar-refractivity contribution is 0.419. The summed E-state index contributed by atoms with van der Waals surface area (Å²) in [7, 11) is 5.87. The average Bonchev–Trinajstić information content (AvgIpc) is 2.61. The summed E-state index contributed by atoms with van der Waals surface area (Å²) in [6, 6.07) is 21.5. The molecule has 0 aliphatic rings. The molecule has 0 aliphatic heterocycles. The molecule has 25 heavy (non-hydrogen) atoms. The van der Waals surface area contributed by atoms with Crippen LogP contribution < -0.4 is 4.74 Å². The van der Waals surface area contributed by atoms with Crippen molar-refractivity contribution in [1.29, 1.82) is 0 Å². The first-order valence-corrected chi connectivity index (χ1v) is 8.57. The van der Waals surface area contributed by atoms with Crippen molar-refractivity contribution in [1.82, 2.24) is 4.90 Å². The van der Waals surface area contributed by atoms with Crippen molar-refractivity contribution in [2.75, 3.05) is 21.2 Å². The number of hydrogen-bond acceptors (Lipinski definition) is 2. The molecular weight excluding hydrogens is 306 g/mol. The summed E-state index contributed by atoms with van der Waals surface area (Å²) in [6.45, 7) is 2.12. The van der Waals surface area contributed by atoms with E-state index in [1.165, 1.54) is 27.6 Å². The molecule has 0 unspecified atom stereocenters. The van der Waals surface area contributed by atoms with Crippen molar-refractivity contribution >= 4 is 16.3 Å². The van der Waals surface area contributed by atoms with Crippen LogP contribution in [0.25, 0.3) is 16.3 Å². The monoisotopic (exact) mass is 331 g/mol. The molecule has 0 radical (unpaired) electrons. The van der Waals surface area contributed by atoms with Crippen LogP contribution in [0, 0.1) is 6.92 Å². The minimum absolute atomic E-state index is 0.881. The zero-order valence-electron chi connectivity index (χ0n) is 15.4. The second kappa shape index (κ2) is 7.43. The van der Waals surface area contributed by atoms with Gasteiger partial charge in [0.05, 0.1) is 7.11 Å². The Morgan fingerprint density at radius 3 is 2.24 bits per heavy atom. The van der Waals surface area contributed by atoms with Gasteiger partial charge in [-0.05, 0) is 35.1 Å². The van der Waals surface area contributed by atoms with Crippen molar-refractivity contribution in [3.8, 4) is 5.75 Å². The first-order valence-electron chi connectivity index (χ1n) is 8.57. The Labute approximate surface area is 150 Å². The molecule has 0 heterocycles. The summed E-state index contributed by atoms with van der Waals surface area (Å²) < 4.78 is 5.53. The van der Waals surface area contributed by atoms with Crippen LogP contribution in [0.5, 0.6) is 5.75 Å². The van der Waals surface area contributed by atoms with E-state index in [9.17, 15) is 0 Å². The molecule has 0 N–H and O–H groups in total. The molecule has 3 aromatic carbocycles. The number of ether oxygens (including phenoxy) is 1. The van der Waals surface area contributed by atoms with E-state index in [1.807, 2.05) is 0 Å². The number of aryl methyl sites for hydroxylation is 1. The second-order valence-corrected chi connectivity index (χ2v) is 6.63. The minimum Gasteiger partial charge on any atom is -0.496 e. The number of nitrogens with zero attached hydrogens (tertiary/aromatic N) is 1. The van der Waals surface area contributed by atoms with Crippen LogP contribution in [-0.2, 0) is 6.42 Å². The largest absolute Gasteiger partial charge is 0.496 e. The molecule has 3 aromatic rings. The van der Waals surface area contributed by atoms with Gasteiger partial charge in [-0.25, -0.2) is 0 Å². The topological polar surface area (TPSA) is 12.5 Å². The van der Waals surface area contributed by atoms with Gasteiger partial charge in [-0.2, -0.15) is 0 Å². The molecule has 128 valence electrons. The van der Waals surface area contributed by atoms with Crippen LogP contribution in [-0.4, -0.2) is 26.1 Å². The number of fused-ring (bicyclic) bond motifs is 1. The summed E-state index contributed by atoms with van der Waals surface area (Å²) in [5, 5.41) is 2.41. The molecule has 2 nitrogen and oxygen atoms in total. The van der Waals surface area contributed by atoms with Crippen molar-refractivity contribution in [2.45, 2.75) is 13.3 Å². The third kappa shape index (κ3) is 3.85. The standard InChI is InChI=1S/C23H25NO/c1-17-9-11-18(12-10-17)20(16-24(2)3)15-19-13-14-23(25-4)22-8-6-5-7-21(19)22/h5-14,16H,15H2,1-4H3/b20-16+.